The van der Waals surface area contributed by atoms with E-state index in [0.29, 0.717) is 24.1 Å². The molecule has 0 saturated heterocycles. The molecule has 1 aromatic heterocycles. The van der Waals surface area contributed by atoms with Gasteiger partial charge in [0, 0.05) is 22.0 Å². The Balaban J connectivity index is 1.68. The summed E-state index contributed by atoms with van der Waals surface area (Å²) in [6.07, 6.45) is 6.29. The minimum Gasteiger partial charge on any atom is -0.480 e. The number of nitrogens with one attached hydrogen (secondary N) is 1. The van der Waals surface area contributed by atoms with Gasteiger partial charge in [-0.25, -0.2) is 4.98 Å². The standard InChI is InChI=1S/C14H17BrN2O2S/c15-11-2-1-7-16-12(11)20-10-5-6-14(8-10,13(18)19)17-9-3-4-9/h1-2,7,9-10,17H,3-6,8H2,(H,18,19). The monoisotopic (exact) mass is 356 g/mol. The first-order valence-electron chi connectivity index (χ1n) is 6.87. The van der Waals surface area contributed by atoms with Crippen molar-refractivity contribution in [1.29, 1.82) is 0 Å². The van der Waals surface area contributed by atoms with Crippen LogP contribution in [0.1, 0.15) is 32.1 Å². The van der Waals surface area contributed by atoms with Crippen LogP contribution >= 0.6 is 27.7 Å². The average molecular weight is 357 g/mol. The quantitative estimate of drug-likeness (QED) is 0.848. The Morgan fingerprint density at radius 3 is 2.95 bits per heavy atom. The van der Waals surface area contributed by atoms with E-state index in [1.54, 1.807) is 18.0 Å². The van der Waals surface area contributed by atoms with Crippen LogP contribution in [0.25, 0.3) is 0 Å². The Bertz CT molecular complexity index is 524. The van der Waals surface area contributed by atoms with Crippen LogP contribution in [0.2, 0.25) is 0 Å². The van der Waals surface area contributed by atoms with E-state index in [1.807, 2.05) is 12.1 Å². The van der Waals surface area contributed by atoms with E-state index in [-0.39, 0.29) is 0 Å². The van der Waals surface area contributed by atoms with Crippen molar-refractivity contribution in [2.45, 2.75) is 54.0 Å². The van der Waals surface area contributed by atoms with Crippen LogP contribution in [-0.2, 0) is 4.79 Å². The number of halogens is 1. The van der Waals surface area contributed by atoms with Gasteiger partial charge in [0.25, 0.3) is 0 Å². The highest BCUT2D eigenvalue weighted by Gasteiger charge is 2.48. The zero-order valence-corrected chi connectivity index (χ0v) is 13.4. The molecule has 108 valence electrons. The van der Waals surface area contributed by atoms with E-state index in [0.717, 1.165) is 28.8 Å². The van der Waals surface area contributed by atoms with E-state index in [2.05, 4.69) is 26.2 Å². The predicted octanol–water partition coefficient (Wildman–Crippen LogP) is 3.06. The van der Waals surface area contributed by atoms with E-state index in [1.165, 1.54) is 0 Å². The summed E-state index contributed by atoms with van der Waals surface area (Å²) in [6, 6.07) is 4.27. The van der Waals surface area contributed by atoms with Crippen LogP contribution in [0.4, 0.5) is 0 Å². The van der Waals surface area contributed by atoms with E-state index >= 15 is 0 Å². The number of hydrogen-bond acceptors (Lipinski definition) is 4. The Hall–Kier alpha value is -0.590. The third-order valence-electron chi connectivity index (χ3n) is 3.94. The molecule has 0 amide bonds. The maximum Gasteiger partial charge on any atom is 0.323 e. The van der Waals surface area contributed by atoms with Crippen molar-refractivity contribution in [3.63, 3.8) is 0 Å². The fourth-order valence-corrected chi connectivity index (χ4v) is 4.48. The second-order valence-corrected chi connectivity index (χ2v) is 7.72. The first-order chi connectivity index (χ1) is 9.59. The predicted molar refractivity (Wildman–Crippen MR) is 82.0 cm³/mol. The number of hydrogen-bond donors (Lipinski definition) is 2. The van der Waals surface area contributed by atoms with Crippen LogP contribution in [0.3, 0.4) is 0 Å². The molecule has 20 heavy (non-hydrogen) atoms. The minimum absolute atomic E-state index is 0.309. The van der Waals surface area contributed by atoms with E-state index in [9.17, 15) is 9.90 Å². The molecule has 3 rings (SSSR count). The highest BCUT2D eigenvalue weighted by atomic mass is 79.9. The number of aliphatic carboxylic acids is 1. The van der Waals surface area contributed by atoms with Crippen molar-refractivity contribution in [2.24, 2.45) is 0 Å². The molecule has 1 heterocycles. The number of aromatic nitrogens is 1. The maximum atomic E-state index is 11.7. The molecule has 2 saturated carbocycles. The first kappa shape index (κ1) is 14.4. The number of carbonyl (C=O) groups is 1. The number of rotatable bonds is 5. The van der Waals surface area contributed by atoms with E-state index < -0.39 is 11.5 Å². The highest BCUT2D eigenvalue weighted by Crippen LogP contribution is 2.42. The number of thioether (sulfide) groups is 1. The summed E-state index contributed by atoms with van der Waals surface area (Å²) < 4.78 is 0.980. The van der Waals surface area contributed by atoms with Gasteiger partial charge in [-0.2, -0.15) is 0 Å². The van der Waals surface area contributed by atoms with Crippen LogP contribution in [0.5, 0.6) is 0 Å². The molecule has 0 spiro atoms. The van der Waals surface area contributed by atoms with Gasteiger partial charge in [-0.05, 0) is 60.2 Å². The van der Waals surface area contributed by atoms with Crippen molar-refractivity contribution in [3.8, 4) is 0 Å². The summed E-state index contributed by atoms with van der Waals surface area (Å²) in [6.45, 7) is 0. The first-order valence-corrected chi connectivity index (χ1v) is 8.55. The summed E-state index contributed by atoms with van der Waals surface area (Å²) in [7, 11) is 0. The summed E-state index contributed by atoms with van der Waals surface area (Å²) in [5, 5.41) is 14.2. The van der Waals surface area contributed by atoms with Gasteiger partial charge in [0.15, 0.2) is 0 Å². The van der Waals surface area contributed by atoms with Gasteiger partial charge in [0.2, 0.25) is 0 Å². The molecular formula is C14H17BrN2O2S. The van der Waals surface area contributed by atoms with Crippen molar-refractivity contribution in [3.05, 3.63) is 22.8 Å². The van der Waals surface area contributed by atoms with Gasteiger partial charge in [0.1, 0.15) is 10.6 Å². The third-order valence-corrected chi connectivity index (χ3v) is 6.13. The third kappa shape index (κ3) is 3.02. The largest absolute Gasteiger partial charge is 0.480 e. The fraction of sp³-hybridized carbons (Fsp3) is 0.571. The summed E-state index contributed by atoms with van der Waals surface area (Å²) >= 11 is 5.18. The fourth-order valence-electron chi connectivity index (χ4n) is 2.72. The summed E-state index contributed by atoms with van der Waals surface area (Å²) in [4.78, 5) is 16.0. The lowest BCUT2D eigenvalue weighted by Gasteiger charge is -2.26. The van der Waals surface area contributed by atoms with Crippen LogP contribution in [-0.4, -0.2) is 32.9 Å². The molecule has 0 aliphatic heterocycles. The maximum absolute atomic E-state index is 11.7. The number of nitrogens with zero attached hydrogens (tertiary/aromatic N) is 1. The Morgan fingerprint density at radius 1 is 1.50 bits per heavy atom. The van der Waals surface area contributed by atoms with Crippen molar-refractivity contribution in [1.82, 2.24) is 10.3 Å². The highest BCUT2D eigenvalue weighted by molar-refractivity contribution is 9.10. The van der Waals surface area contributed by atoms with Crippen LogP contribution in [0, 0.1) is 0 Å². The molecule has 2 aliphatic rings. The van der Waals surface area contributed by atoms with Crippen molar-refractivity contribution < 1.29 is 9.90 Å². The zero-order valence-electron chi connectivity index (χ0n) is 11.0. The lowest BCUT2D eigenvalue weighted by atomic mass is 9.98. The molecule has 4 nitrogen and oxygen atoms in total. The molecule has 2 aliphatic carbocycles. The van der Waals surface area contributed by atoms with Gasteiger partial charge in [-0.1, -0.05) is 0 Å². The summed E-state index contributed by atoms with van der Waals surface area (Å²) in [5.74, 6) is -0.701. The minimum atomic E-state index is -0.722. The smallest absolute Gasteiger partial charge is 0.323 e. The SMILES string of the molecule is O=C(O)C1(NC2CC2)CCC(Sc2ncccc2Br)C1. The van der Waals surface area contributed by atoms with Gasteiger partial charge in [-0.15, -0.1) is 11.8 Å². The van der Waals surface area contributed by atoms with Crippen LogP contribution < -0.4 is 5.32 Å². The lowest BCUT2D eigenvalue weighted by molar-refractivity contribution is -0.144. The Morgan fingerprint density at radius 2 is 2.30 bits per heavy atom. The topological polar surface area (TPSA) is 62.2 Å². The van der Waals surface area contributed by atoms with Gasteiger partial charge in [0.05, 0.1) is 0 Å². The van der Waals surface area contributed by atoms with Gasteiger partial charge >= 0.3 is 5.97 Å². The van der Waals surface area contributed by atoms with Gasteiger partial charge in [-0.3, -0.25) is 10.1 Å². The lowest BCUT2D eigenvalue weighted by Crippen LogP contribution is -2.51. The molecule has 1 aromatic rings. The number of carboxylic acid groups (broad SMARTS) is 1. The molecule has 2 unspecified atom stereocenters. The molecule has 2 fully saturated rings. The molecule has 0 aromatic carbocycles. The normalized spacial score (nSPS) is 29.6. The number of carboxylic acids is 1. The Labute approximate surface area is 130 Å². The molecular weight excluding hydrogens is 340 g/mol. The van der Waals surface area contributed by atoms with Crippen molar-refractivity contribution >= 4 is 33.7 Å². The number of pyridine rings is 1. The zero-order chi connectivity index (χ0) is 14.2. The Kier molecular flexibility index (Phi) is 4.06. The molecule has 6 heteroatoms. The molecule has 0 bridgehead atoms. The summed E-state index contributed by atoms with van der Waals surface area (Å²) in [5.41, 5.74) is -0.722. The van der Waals surface area contributed by atoms with Gasteiger partial charge < -0.3 is 5.11 Å². The molecule has 2 atom stereocenters. The van der Waals surface area contributed by atoms with E-state index in [4.69, 9.17) is 0 Å². The average Bonchev–Trinajstić information content (AvgIpc) is 3.12. The molecule has 0 radical (unpaired) electrons. The second-order valence-electron chi connectivity index (χ2n) is 5.58. The molecule has 2 N–H and O–H groups in total. The second kappa shape index (κ2) is 5.66. The van der Waals surface area contributed by atoms with Crippen LogP contribution in [0.15, 0.2) is 27.8 Å². The van der Waals surface area contributed by atoms with Crippen molar-refractivity contribution in [2.75, 3.05) is 0 Å².